The van der Waals surface area contributed by atoms with Crippen molar-refractivity contribution in [3.05, 3.63) is 35.4 Å². The monoisotopic (exact) mass is 220 g/mol. The van der Waals surface area contributed by atoms with Crippen molar-refractivity contribution in [1.82, 2.24) is 0 Å². The van der Waals surface area contributed by atoms with Crippen LogP contribution in [0.15, 0.2) is 24.3 Å². The predicted octanol–water partition coefficient (Wildman–Crippen LogP) is 2.56. The number of methoxy groups -OCH3 is 1. The van der Waals surface area contributed by atoms with Crippen LogP contribution in [0, 0.1) is 0 Å². The molecule has 0 aliphatic heterocycles. The smallest absolute Gasteiger partial charge is 0.292 e. The Morgan fingerprint density at radius 1 is 1.38 bits per heavy atom. The van der Waals surface area contributed by atoms with Gasteiger partial charge in [0.25, 0.3) is 6.47 Å². The molecule has 1 aromatic carbocycles. The Morgan fingerprint density at radius 3 is 2.56 bits per heavy atom. The highest BCUT2D eigenvalue weighted by molar-refractivity contribution is 5.98. The molecule has 0 N–H and O–H groups in total. The minimum absolute atomic E-state index is 0.309. The Labute approximate surface area is 95.4 Å². The Morgan fingerprint density at radius 2 is 2.00 bits per heavy atom. The first-order valence-corrected chi connectivity index (χ1v) is 5.29. The molecule has 0 aromatic heterocycles. The van der Waals surface area contributed by atoms with Crippen molar-refractivity contribution >= 4 is 12.3 Å². The number of ether oxygens (including phenoxy) is 1. The molecule has 0 heterocycles. The van der Waals surface area contributed by atoms with E-state index < -0.39 is 0 Å². The highest BCUT2D eigenvalue weighted by Crippen LogP contribution is 2.30. The molecule has 0 saturated heterocycles. The van der Waals surface area contributed by atoms with E-state index in [9.17, 15) is 4.79 Å². The SMILES string of the molecule is CC1CCC(=O)c2ccccc21.COC=O. The Bertz CT molecular complexity index is 371. The number of hydrogen-bond acceptors (Lipinski definition) is 3. The third kappa shape index (κ3) is 2.92. The fraction of sp³-hybridized carbons (Fsp3) is 0.385. The van der Waals surface area contributed by atoms with E-state index in [0.29, 0.717) is 18.2 Å². The van der Waals surface area contributed by atoms with Crippen molar-refractivity contribution in [2.75, 3.05) is 7.11 Å². The Kier molecular flexibility index (Phi) is 4.70. The summed E-state index contributed by atoms with van der Waals surface area (Å²) in [5, 5.41) is 0. The lowest BCUT2D eigenvalue weighted by Gasteiger charge is -2.20. The van der Waals surface area contributed by atoms with Crippen LogP contribution in [0.3, 0.4) is 0 Å². The molecule has 0 fully saturated rings. The normalized spacial score (nSPS) is 17.9. The number of Topliss-reactive ketones (excluding diaryl/α,β-unsaturated/α-hetero) is 1. The van der Waals surface area contributed by atoms with E-state index in [1.165, 1.54) is 12.7 Å². The van der Waals surface area contributed by atoms with Gasteiger partial charge in [-0.1, -0.05) is 31.2 Å². The van der Waals surface area contributed by atoms with Crippen molar-refractivity contribution < 1.29 is 14.3 Å². The second-order valence-electron chi connectivity index (χ2n) is 3.78. The van der Waals surface area contributed by atoms with Gasteiger partial charge in [0.2, 0.25) is 0 Å². The number of carbonyl (C=O) groups excluding carboxylic acids is 2. The number of carbonyl (C=O) groups is 2. The van der Waals surface area contributed by atoms with Crippen molar-refractivity contribution in [3.8, 4) is 0 Å². The molecular weight excluding hydrogens is 204 g/mol. The lowest BCUT2D eigenvalue weighted by atomic mass is 9.83. The van der Waals surface area contributed by atoms with Gasteiger partial charge in [-0.25, -0.2) is 0 Å². The second-order valence-corrected chi connectivity index (χ2v) is 3.78. The summed E-state index contributed by atoms with van der Waals surface area (Å²) in [6.07, 6.45) is 1.73. The number of ketones is 1. The lowest BCUT2D eigenvalue weighted by molar-refractivity contribution is -0.126. The minimum Gasteiger partial charge on any atom is -0.471 e. The van der Waals surface area contributed by atoms with Crippen LogP contribution in [0.1, 0.15) is 41.6 Å². The van der Waals surface area contributed by atoms with Gasteiger partial charge < -0.3 is 4.74 Å². The molecule has 0 saturated carbocycles. The molecule has 0 bridgehead atoms. The molecule has 3 nitrogen and oxygen atoms in total. The van der Waals surface area contributed by atoms with E-state index in [2.05, 4.69) is 17.7 Å². The minimum atomic E-state index is 0.309. The van der Waals surface area contributed by atoms with Crippen LogP contribution in [0.25, 0.3) is 0 Å². The highest BCUT2D eigenvalue weighted by atomic mass is 16.5. The van der Waals surface area contributed by atoms with Gasteiger partial charge in [0.1, 0.15) is 0 Å². The van der Waals surface area contributed by atoms with Gasteiger partial charge >= 0.3 is 0 Å². The maximum atomic E-state index is 11.4. The Balaban J connectivity index is 0.000000280. The molecule has 0 spiro atoms. The van der Waals surface area contributed by atoms with E-state index in [1.807, 2.05) is 18.2 Å². The van der Waals surface area contributed by atoms with E-state index in [0.717, 1.165) is 18.4 Å². The third-order valence-electron chi connectivity index (χ3n) is 2.69. The van der Waals surface area contributed by atoms with Crippen molar-refractivity contribution in [2.24, 2.45) is 0 Å². The molecule has 86 valence electrons. The maximum Gasteiger partial charge on any atom is 0.292 e. The topological polar surface area (TPSA) is 43.4 Å². The molecule has 1 aliphatic carbocycles. The van der Waals surface area contributed by atoms with E-state index in [-0.39, 0.29) is 0 Å². The number of hydrogen-bond donors (Lipinski definition) is 0. The fourth-order valence-corrected chi connectivity index (χ4v) is 1.82. The quantitative estimate of drug-likeness (QED) is 0.683. The standard InChI is InChI=1S/C11H12O.C2H4O2/c1-8-6-7-11(12)10-5-3-2-4-9(8)10;1-4-2-3/h2-5,8H,6-7H2,1H3;2H,1H3. The largest absolute Gasteiger partial charge is 0.471 e. The van der Waals surface area contributed by atoms with Crippen LogP contribution >= 0.6 is 0 Å². The molecule has 1 unspecified atom stereocenters. The van der Waals surface area contributed by atoms with Gasteiger partial charge in [-0.15, -0.1) is 0 Å². The number of fused-ring (bicyclic) bond motifs is 1. The zero-order valence-corrected chi connectivity index (χ0v) is 9.60. The van der Waals surface area contributed by atoms with Crippen LogP contribution in [-0.2, 0) is 9.53 Å². The summed E-state index contributed by atoms with van der Waals surface area (Å²) in [7, 11) is 1.31. The molecule has 1 aliphatic rings. The molecule has 0 amide bonds. The predicted molar refractivity (Wildman–Crippen MR) is 61.5 cm³/mol. The molecule has 1 aromatic rings. The lowest BCUT2D eigenvalue weighted by Crippen LogP contribution is -2.13. The first-order valence-electron chi connectivity index (χ1n) is 5.29. The van der Waals surface area contributed by atoms with E-state index in [4.69, 9.17) is 4.79 Å². The fourth-order valence-electron chi connectivity index (χ4n) is 1.82. The van der Waals surface area contributed by atoms with Crippen LogP contribution in [0.5, 0.6) is 0 Å². The highest BCUT2D eigenvalue weighted by Gasteiger charge is 2.21. The zero-order valence-electron chi connectivity index (χ0n) is 9.60. The number of benzene rings is 1. The molecule has 1 atom stereocenters. The van der Waals surface area contributed by atoms with Crippen molar-refractivity contribution in [1.29, 1.82) is 0 Å². The Hall–Kier alpha value is -1.64. The molecule has 2 rings (SSSR count). The van der Waals surface area contributed by atoms with Crippen LogP contribution in [0.4, 0.5) is 0 Å². The van der Waals surface area contributed by atoms with E-state index >= 15 is 0 Å². The summed E-state index contributed by atoms with van der Waals surface area (Å²) in [5.74, 6) is 0.864. The third-order valence-corrected chi connectivity index (χ3v) is 2.69. The average molecular weight is 220 g/mol. The van der Waals surface area contributed by atoms with Gasteiger partial charge in [0, 0.05) is 12.0 Å². The summed E-state index contributed by atoms with van der Waals surface area (Å²) >= 11 is 0. The maximum absolute atomic E-state index is 11.4. The first-order chi connectivity index (χ1) is 7.70. The van der Waals surface area contributed by atoms with Crippen molar-refractivity contribution in [3.63, 3.8) is 0 Å². The summed E-state index contributed by atoms with van der Waals surface area (Å²) in [5.41, 5.74) is 2.17. The molecule has 16 heavy (non-hydrogen) atoms. The average Bonchev–Trinajstić information content (AvgIpc) is 2.35. The van der Waals surface area contributed by atoms with Crippen molar-refractivity contribution in [2.45, 2.75) is 25.7 Å². The van der Waals surface area contributed by atoms with Gasteiger partial charge in [-0.05, 0) is 17.9 Å². The van der Waals surface area contributed by atoms with E-state index in [1.54, 1.807) is 0 Å². The molecule has 3 heteroatoms. The number of rotatable bonds is 1. The second kappa shape index (κ2) is 6.05. The van der Waals surface area contributed by atoms with Crippen LogP contribution < -0.4 is 0 Å². The van der Waals surface area contributed by atoms with Crippen LogP contribution in [-0.4, -0.2) is 19.4 Å². The van der Waals surface area contributed by atoms with Gasteiger partial charge in [-0.2, -0.15) is 0 Å². The van der Waals surface area contributed by atoms with Crippen LogP contribution in [0.2, 0.25) is 0 Å². The molecule has 0 radical (unpaired) electrons. The summed E-state index contributed by atoms with van der Waals surface area (Å²) < 4.78 is 3.86. The first kappa shape index (κ1) is 12.4. The summed E-state index contributed by atoms with van der Waals surface area (Å²) in [6.45, 7) is 2.56. The summed E-state index contributed by atoms with van der Waals surface area (Å²) in [4.78, 5) is 20.4. The summed E-state index contributed by atoms with van der Waals surface area (Å²) in [6, 6.07) is 7.95. The molecular formula is C13H16O3. The van der Waals surface area contributed by atoms with Gasteiger partial charge in [0.05, 0.1) is 7.11 Å². The zero-order chi connectivity index (χ0) is 12.0. The van der Waals surface area contributed by atoms with Gasteiger partial charge in [0.15, 0.2) is 5.78 Å². The van der Waals surface area contributed by atoms with Gasteiger partial charge in [-0.3, -0.25) is 9.59 Å².